The van der Waals surface area contributed by atoms with Gasteiger partial charge in [-0.3, -0.25) is 0 Å². The van der Waals surface area contributed by atoms with Crippen LogP contribution in [-0.4, -0.2) is 41.8 Å². The molecule has 0 aromatic rings. The van der Waals surface area contributed by atoms with Crippen molar-refractivity contribution in [3.8, 4) is 0 Å². The van der Waals surface area contributed by atoms with Gasteiger partial charge in [-0.1, -0.05) is 33.1 Å². The van der Waals surface area contributed by atoms with E-state index in [1.807, 2.05) is 25.7 Å². The number of hydrogen-bond acceptors (Lipinski definition) is 3. The lowest BCUT2D eigenvalue weighted by molar-refractivity contribution is 0.0150. The van der Waals surface area contributed by atoms with Gasteiger partial charge in [-0.25, -0.2) is 4.79 Å². The largest absolute Gasteiger partial charge is 0.444 e. The van der Waals surface area contributed by atoms with E-state index in [0.29, 0.717) is 18.0 Å². The molecular weight excluding hydrogens is 288 g/mol. The maximum atomic E-state index is 12.6. The fourth-order valence-corrected chi connectivity index (χ4v) is 3.02. The minimum atomic E-state index is -0.422. The number of nitrogens with one attached hydrogen (secondary N) is 1. The highest BCUT2D eigenvalue weighted by Crippen LogP contribution is 2.23. The summed E-state index contributed by atoms with van der Waals surface area (Å²) in [6.07, 6.45) is 6.67. The molecule has 0 spiro atoms. The van der Waals surface area contributed by atoms with Gasteiger partial charge < -0.3 is 15.0 Å². The summed E-state index contributed by atoms with van der Waals surface area (Å²) in [7, 11) is 0. The number of rotatable bonds is 6. The second-order valence-corrected chi connectivity index (χ2v) is 8.24. The van der Waals surface area contributed by atoms with Gasteiger partial charge in [-0.2, -0.15) is 0 Å². The van der Waals surface area contributed by atoms with Crippen LogP contribution in [0.15, 0.2) is 0 Å². The zero-order valence-corrected chi connectivity index (χ0v) is 16.2. The summed E-state index contributed by atoms with van der Waals surface area (Å²) in [5.41, 5.74) is -0.422. The van der Waals surface area contributed by atoms with Crippen LogP contribution in [0.3, 0.4) is 0 Å². The molecule has 1 heterocycles. The minimum Gasteiger partial charge on any atom is -0.444 e. The Morgan fingerprint density at radius 3 is 2.57 bits per heavy atom. The molecule has 1 saturated heterocycles. The second-order valence-electron chi connectivity index (χ2n) is 8.24. The van der Waals surface area contributed by atoms with Gasteiger partial charge in [-0.05, 0) is 59.4 Å². The van der Waals surface area contributed by atoms with Crippen LogP contribution in [0.25, 0.3) is 0 Å². The number of hydrogen-bond donors (Lipinski definition) is 1. The molecule has 0 aromatic heterocycles. The van der Waals surface area contributed by atoms with Crippen LogP contribution in [0.2, 0.25) is 0 Å². The highest BCUT2D eigenvalue weighted by Gasteiger charge is 2.30. The normalized spacial score (nSPS) is 22.3. The van der Waals surface area contributed by atoms with Crippen molar-refractivity contribution < 1.29 is 9.53 Å². The Bertz CT molecular complexity index is 352. The lowest BCUT2D eigenvalue weighted by Gasteiger charge is -2.34. The summed E-state index contributed by atoms with van der Waals surface area (Å²) >= 11 is 0. The van der Waals surface area contributed by atoms with Crippen LogP contribution >= 0.6 is 0 Å². The molecule has 0 aliphatic carbocycles. The van der Waals surface area contributed by atoms with Crippen molar-refractivity contribution in [2.24, 2.45) is 5.92 Å². The van der Waals surface area contributed by atoms with E-state index in [1.165, 1.54) is 19.3 Å². The van der Waals surface area contributed by atoms with Crippen LogP contribution in [0, 0.1) is 5.92 Å². The molecule has 1 aliphatic rings. The monoisotopic (exact) mass is 326 g/mol. The van der Waals surface area contributed by atoms with Crippen molar-refractivity contribution >= 4 is 6.09 Å². The standard InChI is InChI=1S/C19H38N2O2/c1-7-15(2)14-20-16(3)13-17-11-9-8-10-12-21(17)18(22)23-19(4,5)6/h15-17,20H,7-14H2,1-6H3. The fraction of sp³-hybridized carbons (Fsp3) is 0.947. The van der Waals surface area contributed by atoms with E-state index in [4.69, 9.17) is 4.74 Å². The molecule has 1 fully saturated rings. The van der Waals surface area contributed by atoms with Crippen molar-refractivity contribution in [1.82, 2.24) is 10.2 Å². The third kappa shape index (κ3) is 8.05. The Labute approximate surface area is 143 Å². The smallest absolute Gasteiger partial charge is 0.410 e. The van der Waals surface area contributed by atoms with E-state index < -0.39 is 5.60 Å². The molecule has 0 bridgehead atoms. The summed E-state index contributed by atoms with van der Waals surface area (Å²) in [5, 5.41) is 3.63. The predicted molar refractivity (Wildman–Crippen MR) is 96.7 cm³/mol. The Balaban J connectivity index is 2.61. The van der Waals surface area contributed by atoms with Crippen LogP contribution < -0.4 is 5.32 Å². The first-order valence-electron chi connectivity index (χ1n) is 9.46. The number of nitrogens with zero attached hydrogens (tertiary/aromatic N) is 1. The van der Waals surface area contributed by atoms with E-state index in [0.717, 1.165) is 32.4 Å². The van der Waals surface area contributed by atoms with Gasteiger partial charge in [0, 0.05) is 18.6 Å². The average molecular weight is 327 g/mol. The van der Waals surface area contributed by atoms with Gasteiger partial charge in [0.1, 0.15) is 5.60 Å². The summed E-state index contributed by atoms with van der Waals surface area (Å²) < 4.78 is 5.63. The van der Waals surface area contributed by atoms with Gasteiger partial charge in [-0.15, -0.1) is 0 Å². The Morgan fingerprint density at radius 2 is 1.96 bits per heavy atom. The molecular formula is C19H38N2O2. The fourth-order valence-electron chi connectivity index (χ4n) is 3.02. The molecule has 23 heavy (non-hydrogen) atoms. The molecule has 1 aliphatic heterocycles. The van der Waals surface area contributed by atoms with E-state index >= 15 is 0 Å². The first-order chi connectivity index (χ1) is 10.7. The Hall–Kier alpha value is -0.770. The number of ether oxygens (including phenoxy) is 1. The molecule has 3 unspecified atom stereocenters. The van der Waals surface area contributed by atoms with Gasteiger partial charge in [0.05, 0.1) is 0 Å². The molecule has 136 valence electrons. The maximum Gasteiger partial charge on any atom is 0.410 e. The van der Waals surface area contributed by atoms with Crippen molar-refractivity contribution in [2.75, 3.05) is 13.1 Å². The van der Waals surface area contributed by atoms with Crippen molar-refractivity contribution in [2.45, 2.75) is 97.8 Å². The molecule has 0 radical (unpaired) electrons. The number of likely N-dealkylation sites (tertiary alicyclic amines) is 1. The topological polar surface area (TPSA) is 41.6 Å². The number of carbonyl (C=O) groups is 1. The van der Waals surface area contributed by atoms with Gasteiger partial charge >= 0.3 is 6.09 Å². The van der Waals surface area contributed by atoms with Gasteiger partial charge in [0.25, 0.3) is 0 Å². The first kappa shape index (κ1) is 20.3. The third-order valence-corrected chi connectivity index (χ3v) is 4.64. The van der Waals surface area contributed by atoms with Crippen LogP contribution in [-0.2, 0) is 4.74 Å². The third-order valence-electron chi connectivity index (χ3n) is 4.64. The summed E-state index contributed by atoms with van der Waals surface area (Å²) in [4.78, 5) is 14.5. The predicted octanol–water partition coefficient (Wildman–Crippen LogP) is 4.58. The second kappa shape index (κ2) is 9.51. The van der Waals surface area contributed by atoms with E-state index in [9.17, 15) is 4.79 Å². The van der Waals surface area contributed by atoms with Crippen LogP contribution in [0.1, 0.15) is 80.1 Å². The maximum absolute atomic E-state index is 12.6. The zero-order chi connectivity index (χ0) is 17.5. The Kier molecular flexibility index (Phi) is 8.38. The van der Waals surface area contributed by atoms with Crippen LogP contribution in [0.4, 0.5) is 4.79 Å². The molecule has 1 rings (SSSR count). The lowest BCUT2D eigenvalue weighted by Crippen LogP contribution is -2.46. The number of amides is 1. The SMILES string of the molecule is CCC(C)CNC(C)CC1CCCCCN1C(=O)OC(C)(C)C. The first-order valence-corrected chi connectivity index (χ1v) is 9.46. The molecule has 0 aromatic carbocycles. The van der Waals surface area contributed by atoms with Gasteiger partial charge in [0.2, 0.25) is 0 Å². The molecule has 1 N–H and O–H groups in total. The number of carbonyl (C=O) groups excluding carboxylic acids is 1. The molecule has 1 amide bonds. The lowest BCUT2D eigenvalue weighted by atomic mass is 10.0. The molecule has 0 saturated carbocycles. The van der Waals surface area contributed by atoms with E-state index in [2.05, 4.69) is 26.1 Å². The average Bonchev–Trinajstić information content (AvgIpc) is 2.68. The quantitative estimate of drug-likeness (QED) is 0.777. The van der Waals surface area contributed by atoms with Crippen molar-refractivity contribution in [1.29, 1.82) is 0 Å². The van der Waals surface area contributed by atoms with E-state index in [-0.39, 0.29) is 6.09 Å². The van der Waals surface area contributed by atoms with Crippen LogP contribution in [0.5, 0.6) is 0 Å². The molecule has 4 heteroatoms. The zero-order valence-electron chi connectivity index (χ0n) is 16.2. The summed E-state index contributed by atoms with van der Waals surface area (Å²) in [6, 6.07) is 0.726. The summed E-state index contributed by atoms with van der Waals surface area (Å²) in [6.45, 7) is 14.4. The van der Waals surface area contributed by atoms with Crippen molar-refractivity contribution in [3.05, 3.63) is 0 Å². The summed E-state index contributed by atoms with van der Waals surface area (Å²) in [5.74, 6) is 0.702. The molecule has 3 atom stereocenters. The Morgan fingerprint density at radius 1 is 1.26 bits per heavy atom. The van der Waals surface area contributed by atoms with E-state index in [1.54, 1.807) is 0 Å². The highest BCUT2D eigenvalue weighted by atomic mass is 16.6. The molecule has 4 nitrogen and oxygen atoms in total. The minimum absolute atomic E-state index is 0.140. The van der Waals surface area contributed by atoms with Crippen molar-refractivity contribution in [3.63, 3.8) is 0 Å². The van der Waals surface area contributed by atoms with Gasteiger partial charge in [0.15, 0.2) is 0 Å². The highest BCUT2D eigenvalue weighted by molar-refractivity contribution is 5.68.